The fraction of sp³-hybridized carbons (Fsp3) is 0.800. The van der Waals surface area contributed by atoms with Gasteiger partial charge in [-0.3, -0.25) is 4.79 Å². The number of ether oxygens (including phenoxy) is 1. The largest absolute Gasteiger partial charge is 0.469 e. The minimum Gasteiger partial charge on any atom is -0.469 e. The highest BCUT2D eigenvalue weighted by molar-refractivity contribution is 5.80. The lowest BCUT2D eigenvalue weighted by molar-refractivity contribution is -0.156. The maximum atomic E-state index is 11.6. The molecule has 0 aromatic rings. The molecular weight excluding hydrogens is 168 g/mol. The summed E-state index contributed by atoms with van der Waals surface area (Å²) in [6.07, 6.45) is 3.96. The van der Waals surface area contributed by atoms with E-state index in [1.165, 1.54) is 7.11 Å². The average molecular weight is 184 g/mol. The summed E-state index contributed by atoms with van der Waals surface area (Å²) in [4.78, 5) is 22.1. The second-order valence-electron chi connectivity index (χ2n) is 3.81. The summed E-state index contributed by atoms with van der Waals surface area (Å²) in [5.41, 5.74) is -0.517. The number of carbonyl (C=O) groups excluding carboxylic acids is 2. The van der Waals surface area contributed by atoms with Crippen molar-refractivity contribution in [2.75, 3.05) is 7.11 Å². The van der Waals surface area contributed by atoms with E-state index in [0.29, 0.717) is 6.42 Å². The minimum absolute atomic E-state index is 0.218. The van der Waals surface area contributed by atoms with Gasteiger partial charge in [-0.1, -0.05) is 13.3 Å². The molecule has 0 N–H and O–H groups in total. The number of carbonyl (C=O) groups is 2. The molecule has 1 aliphatic carbocycles. The highest BCUT2D eigenvalue weighted by Crippen LogP contribution is 2.46. The van der Waals surface area contributed by atoms with Gasteiger partial charge in [-0.15, -0.1) is 0 Å². The Bertz CT molecular complexity index is 212. The first-order valence-electron chi connectivity index (χ1n) is 4.69. The Morgan fingerprint density at radius 3 is 2.77 bits per heavy atom. The molecule has 0 heterocycles. The monoisotopic (exact) mass is 184 g/mol. The Labute approximate surface area is 78.5 Å². The van der Waals surface area contributed by atoms with Crippen molar-refractivity contribution < 1.29 is 14.3 Å². The molecular formula is C10H16O3. The first-order chi connectivity index (χ1) is 6.17. The topological polar surface area (TPSA) is 43.4 Å². The van der Waals surface area contributed by atoms with Crippen molar-refractivity contribution in [1.82, 2.24) is 0 Å². The Kier molecular flexibility index (Phi) is 3.07. The lowest BCUT2D eigenvalue weighted by atomic mass is 9.76. The number of esters is 1. The molecule has 74 valence electrons. The third-order valence-corrected chi connectivity index (χ3v) is 3.24. The number of methoxy groups -OCH3 is 1. The van der Waals surface area contributed by atoms with Gasteiger partial charge in [0.15, 0.2) is 0 Å². The zero-order chi connectivity index (χ0) is 9.90. The first-order valence-corrected chi connectivity index (χ1v) is 4.69. The van der Waals surface area contributed by atoms with Gasteiger partial charge in [-0.05, 0) is 18.8 Å². The van der Waals surface area contributed by atoms with Crippen LogP contribution in [0.3, 0.4) is 0 Å². The molecule has 0 bridgehead atoms. The molecule has 3 nitrogen and oxygen atoms in total. The highest BCUT2D eigenvalue weighted by atomic mass is 16.5. The van der Waals surface area contributed by atoms with Crippen LogP contribution in [0.2, 0.25) is 0 Å². The number of hydrogen-bond acceptors (Lipinski definition) is 3. The molecule has 0 aromatic carbocycles. The summed E-state index contributed by atoms with van der Waals surface area (Å²) in [7, 11) is 1.39. The molecule has 1 aliphatic rings. The fourth-order valence-electron chi connectivity index (χ4n) is 2.29. The van der Waals surface area contributed by atoms with Gasteiger partial charge >= 0.3 is 5.97 Å². The van der Waals surface area contributed by atoms with Crippen LogP contribution in [0, 0.1) is 11.3 Å². The first kappa shape index (κ1) is 10.2. The van der Waals surface area contributed by atoms with Crippen LogP contribution < -0.4 is 0 Å². The van der Waals surface area contributed by atoms with E-state index in [1.807, 2.05) is 6.92 Å². The van der Waals surface area contributed by atoms with Crippen LogP contribution in [0.15, 0.2) is 0 Å². The van der Waals surface area contributed by atoms with Crippen molar-refractivity contribution in [2.45, 2.75) is 32.6 Å². The van der Waals surface area contributed by atoms with Gasteiger partial charge in [-0.2, -0.15) is 0 Å². The Hall–Kier alpha value is -0.860. The second kappa shape index (κ2) is 3.90. The summed E-state index contributed by atoms with van der Waals surface area (Å²) < 4.78 is 4.76. The molecule has 0 aromatic heterocycles. The molecule has 2 unspecified atom stereocenters. The van der Waals surface area contributed by atoms with E-state index in [2.05, 4.69) is 0 Å². The molecule has 0 amide bonds. The number of hydrogen-bond donors (Lipinski definition) is 0. The van der Waals surface area contributed by atoms with Crippen LogP contribution in [-0.4, -0.2) is 19.4 Å². The Morgan fingerprint density at radius 1 is 1.69 bits per heavy atom. The van der Waals surface area contributed by atoms with E-state index in [-0.39, 0.29) is 11.9 Å². The van der Waals surface area contributed by atoms with Crippen molar-refractivity contribution in [3.63, 3.8) is 0 Å². The second-order valence-corrected chi connectivity index (χ2v) is 3.81. The third kappa shape index (κ3) is 1.60. The van der Waals surface area contributed by atoms with E-state index in [4.69, 9.17) is 4.74 Å². The van der Waals surface area contributed by atoms with Gasteiger partial charge in [0.2, 0.25) is 0 Å². The molecule has 0 spiro atoms. The summed E-state index contributed by atoms with van der Waals surface area (Å²) in [5.74, 6) is 0.0507. The minimum atomic E-state index is -0.517. The van der Waals surface area contributed by atoms with Gasteiger partial charge < -0.3 is 9.53 Å². The van der Waals surface area contributed by atoms with E-state index >= 15 is 0 Å². The lowest BCUT2D eigenvalue weighted by Gasteiger charge is -2.28. The van der Waals surface area contributed by atoms with Crippen molar-refractivity contribution in [3.05, 3.63) is 0 Å². The van der Waals surface area contributed by atoms with Crippen LogP contribution >= 0.6 is 0 Å². The Balaban J connectivity index is 2.85. The van der Waals surface area contributed by atoms with Crippen LogP contribution in [-0.2, 0) is 14.3 Å². The Morgan fingerprint density at radius 2 is 2.38 bits per heavy atom. The number of rotatable bonds is 3. The van der Waals surface area contributed by atoms with E-state index < -0.39 is 5.41 Å². The molecule has 1 fully saturated rings. The van der Waals surface area contributed by atoms with Gasteiger partial charge in [0.1, 0.15) is 6.29 Å². The van der Waals surface area contributed by atoms with Crippen molar-refractivity contribution in [3.8, 4) is 0 Å². The molecule has 1 saturated carbocycles. The van der Waals surface area contributed by atoms with Gasteiger partial charge in [0.05, 0.1) is 12.5 Å². The van der Waals surface area contributed by atoms with Crippen molar-refractivity contribution in [1.29, 1.82) is 0 Å². The summed E-state index contributed by atoms with van der Waals surface area (Å²) in [6, 6.07) is 0. The maximum Gasteiger partial charge on any atom is 0.312 e. The zero-order valence-electron chi connectivity index (χ0n) is 8.21. The SMILES string of the molecule is COC(=O)C1(CC=O)CCCC1C. The smallest absolute Gasteiger partial charge is 0.312 e. The van der Waals surface area contributed by atoms with E-state index in [1.54, 1.807) is 0 Å². The molecule has 0 radical (unpaired) electrons. The molecule has 1 rings (SSSR count). The van der Waals surface area contributed by atoms with Crippen molar-refractivity contribution >= 4 is 12.3 Å². The van der Waals surface area contributed by atoms with Crippen molar-refractivity contribution in [2.24, 2.45) is 11.3 Å². The van der Waals surface area contributed by atoms with E-state index in [0.717, 1.165) is 25.5 Å². The van der Waals surface area contributed by atoms with Crippen LogP contribution in [0.4, 0.5) is 0 Å². The van der Waals surface area contributed by atoms with Gasteiger partial charge in [0, 0.05) is 6.42 Å². The normalized spacial score (nSPS) is 32.9. The summed E-state index contributed by atoms with van der Waals surface area (Å²) in [5, 5.41) is 0. The maximum absolute atomic E-state index is 11.6. The van der Waals surface area contributed by atoms with Crippen LogP contribution in [0.25, 0.3) is 0 Å². The molecule has 13 heavy (non-hydrogen) atoms. The standard InChI is InChI=1S/C10H16O3/c1-8-4-3-5-10(8,6-7-11)9(12)13-2/h7-8H,3-6H2,1-2H3. The quantitative estimate of drug-likeness (QED) is 0.493. The molecule has 3 heteroatoms. The predicted octanol–water partition coefficient (Wildman–Crippen LogP) is 1.55. The average Bonchev–Trinajstić information content (AvgIpc) is 2.48. The molecule has 0 aliphatic heterocycles. The summed E-state index contributed by atoms with van der Waals surface area (Å²) >= 11 is 0. The zero-order valence-corrected chi connectivity index (χ0v) is 8.21. The van der Waals surface area contributed by atoms with E-state index in [9.17, 15) is 9.59 Å². The lowest BCUT2D eigenvalue weighted by Crippen LogP contribution is -2.35. The third-order valence-electron chi connectivity index (χ3n) is 3.24. The molecule has 2 atom stereocenters. The molecule has 0 saturated heterocycles. The van der Waals surface area contributed by atoms with Crippen LogP contribution in [0.5, 0.6) is 0 Å². The van der Waals surface area contributed by atoms with Gasteiger partial charge in [0.25, 0.3) is 0 Å². The number of aldehydes is 1. The summed E-state index contributed by atoms with van der Waals surface area (Å²) in [6.45, 7) is 2.02. The fourth-order valence-corrected chi connectivity index (χ4v) is 2.29. The predicted molar refractivity (Wildman–Crippen MR) is 48.1 cm³/mol. The van der Waals surface area contributed by atoms with Gasteiger partial charge in [-0.25, -0.2) is 0 Å². The highest BCUT2D eigenvalue weighted by Gasteiger charge is 2.47. The van der Waals surface area contributed by atoms with Crippen LogP contribution in [0.1, 0.15) is 32.6 Å².